The molecule has 3 heterocycles. The second kappa shape index (κ2) is 5.22. The van der Waals surface area contributed by atoms with Crippen molar-refractivity contribution in [1.82, 2.24) is 15.2 Å². The average molecular weight is 276 g/mol. The molecule has 2 fully saturated rings. The third-order valence-electron chi connectivity index (χ3n) is 3.56. The largest absolute Gasteiger partial charge is 0.349 e. The van der Waals surface area contributed by atoms with Crippen LogP contribution in [-0.4, -0.2) is 46.6 Å². The van der Waals surface area contributed by atoms with E-state index in [9.17, 15) is 4.79 Å². The van der Waals surface area contributed by atoms with Gasteiger partial charge in [0.05, 0.1) is 11.9 Å². The highest BCUT2D eigenvalue weighted by atomic mass is 32.1. The summed E-state index contributed by atoms with van der Waals surface area (Å²) in [6.45, 7) is 2.88. The maximum absolute atomic E-state index is 12.4. The number of hydrogen-bond acceptors (Lipinski definition) is 4. The topological polar surface area (TPSA) is 48.5 Å². The Balaban J connectivity index is 1.74. The van der Waals surface area contributed by atoms with Crippen LogP contribution in [0.5, 0.6) is 0 Å². The Kier molecular flexibility index (Phi) is 3.44. The lowest BCUT2D eigenvalue weighted by molar-refractivity contribution is -0.118. The molecule has 0 radical (unpaired) electrons. The van der Waals surface area contributed by atoms with Gasteiger partial charge in [0, 0.05) is 12.7 Å². The number of carbonyl (C=O) groups excluding carboxylic acids is 1. The summed E-state index contributed by atoms with van der Waals surface area (Å²) in [6.07, 6.45) is 5.78. The van der Waals surface area contributed by atoms with Crippen LogP contribution in [0.1, 0.15) is 12.8 Å². The number of amides is 1. The first-order chi connectivity index (χ1) is 9.25. The van der Waals surface area contributed by atoms with Gasteiger partial charge in [0.1, 0.15) is 6.04 Å². The molecule has 6 heteroatoms. The lowest BCUT2D eigenvalue weighted by Crippen LogP contribution is -2.41. The summed E-state index contributed by atoms with van der Waals surface area (Å²) in [5.41, 5.74) is 0.730. The Bertz CT molecular complexity index is 487. The minimum absolute atomic E-state index is 0.0184. The smallest absolute Gasteiger partial charge is 0.257 e. The summed E-state index contributed by atoms with van der Waals surface area (Å²) in [4.78, 5) is 20.3. The van der Waals surface area contributed by atoms with Crippen LogP contribution in [0.3, 0.4) is 0 Å². The van der Waals surface area contributed by atoms with Crippen molar-refractivity contribution >= 4 is 28.9 Å². The highest BCUT2D eigenvalue weighted by molar-refractivity contribution is 7.80. The van der Waals surface area contributed by atoms with E-state index in [2.05, 4.69) is 15.2 Å². The number of aromatic nitrogens is 1. The van der Waals surface area contributed by atoms with Gasteiger partial charge in [-0.15, -0.1) is 0 Å². The second-order valence-electron chi connectivity index (χ2n) is 4.89. The van der Waals surface area contributed by atoms with Gasteiger partial charge in [-0.05, 0) is 50.3 Å². The summed E-state index contributed by atoms with van der Waals surface area (Å²) >= 11 is 5.27. The van der Waals surface area contributed by atoms with Crippen molar-refractivity contribution in [3.05, 3.63) is 24.5 Å². The molecule has 1 unspecified atom stereocenters. The Morgan fingerprint density at radius 2 is 2.21 bits per heavy atom. The number of carbonyl (C=O) groups is 1. The van der Waals surface area contributed by atoms with Crippen LogP contribution < -0.4 is 10.2 Å². The van der Waals surface area contributed by atoms with E-state index in [-0.39, 0.29) is 11.9 Å². The molecule has 1 amide bonds. The summed E-state index contributed by atoms with van der Waals surface area (Å²) in [6, 6.07) is 3.42. The molecule has 5 nitrogen and oxygen atoms in total. The number of pyridine rings is 1. The number of thiocarbonyl (C=S) groups is 1. The number of rotatable bonds is 3. The van der Waals surface area contributed by atoms with Crippen molar-refractivity contribution in [2.24, 2.45) is 0 Å². The standard InChI is InChI=1S/C13H16N4OS/c18-12-11(9-16-6-1-2-7-16)15-13(19)17(12)10-4-3-5-14-8-10/h3-5,8,11H,1-2,6-7,9H2,(H,15,19). The molecule has 1 atom stereocenters. The fraction of sp³-hybridized carbons (Fsp3) is 0.462. The molecule has 1 aromatic rings. The van der Waals surface area contributed by atoms with Gasteiger partial charge in [0.2, 0.25) is 0 Å². The van der Waals surface area contributed by atoms with Gasteiger partial charge in [-0.2, -0.15) is 0 Å². The Morgan fingerprint density at radius 3 is 2.89 bits per heavy atom. The van der Waals surface area contributed by atoms with Gasteiger partial charge in [0.15, 0.2) is 5.11 Å². The zero-order chi connectivity index (χ0) is 13.2. The zero-order valence-electron chi connectivity index (χ0n) is 10.6. The predicted molar refractivity (Wildman–Crippen MR) is 76.9 cm³/mol. The minimum atomic E-state index is -0.231. The third kappa shape index (κ3) is 2.46. The van der Waals surface area contributed by atoms with Crippen LogP contribution in [0.4, 0.5) is 5.69 Å². The monoisotopic (exact) mass is 276 g/mol. The lowest BCUT2D eigenvalue weighted by atomic mass is 10.2. The highest BCUT2D eigenvalue weighted by Crippen LogP contribution is 2.19. The Hall–Kier alpha value is -1.53. The van der Waals surface area contributed by atoms with E-state index in [1.165, 1.54) is 12.8 Å². The summed E-state index contributed by atoms with van der Waals surface area (Å²) in [5.74, 6) is 0.0184. The normalized spacial score (nSPS) is 24.0. The first kappa shape index (κ1) is 12.5. The van der Waals surface area contributed by atoms with E-state index in [1.54, 1.807) is 23.4 Å². The van der Waals surface area contributed by atoms with Crippen LogP contribution in [0, 0.1) is 0 Å². The highest BCUT2D eigenvalue weighted by Gasteiger charge is 2.37. The lowest BCUT2D eigenvalue weighted by Gasteiger charge is -2.18. The molecule has 0 aliphatic carbocycles. The van der Waals surface area contributed by atoms with Crippen molar-refractivity contribution < 1.29 is 4.79 Å². The summed E-state index contributed by atoms with van der Waals surface area (Å²) in [7, 11) is 0. The second-order valence-corrected chi connectivity index (χ2v) is 5.28. The van der Waals surface area contributed by atoms with E-state index in [0.717, 1.165) is 25.3 Å². The van der Waals surface area contributed by atoms with Gasteiger partial charge in [-0.1, -0.05) is 0 Å². The molecule has 2 aliphatic rings. The van der Waals surface area contributed by atoms with Crippen LogP contribution in [-0.2, 0) is 4.79 Å². The molecule has 2 aliphatic heterocycles. The molecule has 19 heavy (non-hydrogen) atoms. The van der Waals surface area contributed by atoms with Gasteiger partial charge < -0.3 is 10.2 Å². The molecular formula is C13H16N4OS. The van der Waals surface area contributed by atoms with Crippen LogP contribution in [0.25, 0.3) is 0 Å². The molecule has 0 spiro atoms. The third-order valence-corrected chi connectivity index (χ3v) is 3.86. The quantitative estimate of drug-likeness (QED) is 0.826. The number of hydrogen-bond donors (Lipinski definition) is 1. The van der Waals surface area contributed by atoms with Crippen molar-refractivity contribution in [1.29, 1.82) is 0 Å². The van der Waals surface area contributed by atoms with E-state index in [0.29, 0.717) is 5.11 Å². The summed E-state index contributed by atoms with van der Waals surface area (Å²) < 4.78 is 0. The van der Waals surface area contributed by atoms with E-state index in [1.807, 2.05) is 6.07 Å². The molecule has 0 bridgehead atoms. The molecule has 1 N–H and O–H groups in total. The molecule has 0 aromatic carbocycles. The van der Waals surface area contributed by atoms with Crippen molar-refractivity contribution in [2.75, 3.05) is 24.5 Å². The van der Waals surface area contributed by atoms with Gasteiger partial charge in [-0.25, -0.2) is 0 Å². The van der Waals surface area contributed by atoms with Gasteiger partial charge in [0.25, 0.3) is 5.91 Å². The first-order valence-corrected chi connectivity index (χ1v) is 6.93. The van der Waals surface area contributed by atoms with E-state index < -0.39 is 0 Å². The van der Waals surface area contributed by atoms with Crippen LogP contribution in [0.2, 0.25) is 0 Å². The molecule has 100 valence electrons. The Morgan fingerprint density at radius 1 is 1.42 bits per heavy atom. The molecule has 2 saturated heterocycles. The SMILES string of the molecule is O=C1C(CN2CCCC2)NC(=S)N1c1cccnc1. The predicted octanol–water partition coefficient (Wildman–Crippen LogP) is 0.767. The number of likely N-dealkylation sites (tertiary alicyclic amines) is 1. The molecule has 1 aromatic heterocycles. The summed E-state index contributed by atoms with van der Waals surface area (Å²) in [5, 5.41) is 3.59. The van der Waals surface area contributed by atoms with Gasteiger partial charge in [-0.3, -0.25) is 14.7 Å². The number of anilines is 1. The first-order valence-electron chi connectivity index (χ1n) is 6.52. The Labute approximate surface area is 117 Å². The fourth-order valence-electron chi connectivity index (χ4n) is 2.61. The van der Waals surface area contributed by atoms with E-state index >= 15 is 0 Å². The van der Waals surface area contributed by atoms with Crippen LogP contribution in [0.15, 0.2) is 24.5 Å². The van der Waals surface area contributed by atoms with Crippen molar-refractivity contribution in [3.63, 3.8) is 0 Å². The van der Waals surface area contributed by atoms with Gasteiger partial charge >= 0.3 is 0 Å². The zero-order valence-corrected chi connectivity index (χ0v) is 11.4. The minimum Gasteiger partial charge on any atom is -0.349 e. The molecular weight excluding hydrogens is 260 g/mol. The number of nitrogens with one attached hydrogen (secondary N) is 1. The van der Waals surface area contributed by atoms with E-state index in [4.69, 9.17) is 12.2 Å². The van der Waals surface area contributed by atoms with Crippen LogP contribution >= 0.6 is 12.2 Å². The van der Waals surface area contributed by atoms with Crippen molar-refractivity contribution in [2.45, 2.75) is 18.9 Å². The maximum Gasteiger partial charge on any atom is 0.257 e. The number of nitrogens with zero attached hydrogens (tertiary/aromatic N) is 3. The van der Waals surface area contributed by atoms with Crippen molar-refractivity contribution in [3.8, 4) is 0 Å². The average Bonchev–Trinajstić information content (AvgIpc) is 3.01. The molecule has 0 saturated carbocycles. The maximum atomic E-state index is 12.4. The fourth-order valence-corrected chi connectivity index (χ4v) is 2.95. The molecule has 3 rings (SSSR count).